The van der Waals surface area contributed by atoms with Crippen LogP contribution in [-0.2, 0) is 6.18 Å². The molecule has 1 saturated carbocycles. The molecule has 0 heterocycles. The highest BCUT2D eigenvalue weighted by Gasteiger charge is 2.32. The van der Waals surface area contributed by atoms with Crippen molar-refractivity contribution in [3.8, 4) is 5.75 Å². The molecule has 0 aromatic heterocycles. The average molecular weight is 245 g/mol. The monoisotopic (exact) mass is 245 g/mol. The van der Waals surface area contributed by atoms with Crippen molar-refractivity contribution < 1.29 is 17.9 Å². The average Bonchev–Trinajstić information content (AvgIpc) is 2.99. The van der Waals surface area contributed by atoms with E-state index in [4.69, 9.17) is 4.74 Å². The smallest absolute Gasteiger partial charge is 0.416 e. The SMILES string of the molecule is CN(C)c1ccc(C(F)(F)F)cc1OC1CC1. The maximum atomic E-state index is 12.6. The Hall–Kier alpha value is -1.39. The van der Waals surface area contributed by atoms with Crippen molar-refractivity contribution in [1.29, 1.82) is 0 Å². The summed E-state index contributed by atoms with van der Waals surface area (Å²) in [6.45, 7) is 0. The molecule has 5 heteroatoms. The molecular formula is C12H14F3NO. The van der Waals surface area contributed by atoms with E-state index in [1.165, 1.54) is 6.07 Å². The van der Waals surface area contributed by atoms with E-state index in [2.05, 4.69) is 0 Å². The van der Waals surface area contributed by atoms with Crippen LogP contribution in [0.15, 0.2) is 18.2 Å². The summed E-state index contributed by atoms with van der Waals surface area (Å²) >= 11 is 0. The summed E-state index contributed by atoms with van der Waals surface area (Å²) in [6.07, 6.45) is -2.41. The Labute approximate surface area is 98.0 Å². The molecule has 17 heavy (non-hydrogen) atoms. The fraction of sp³-hybridized carbons (Fsp3) is 0.500. The lowest BCUT2D eigenvalue weighted by molar-refractivity contribution is -0.137. The zero-order valence-corrected chi connectivity index (χ0v) is 9.71. The molecular weight excluding hydrogens is 231 g/mol. The van der Waals surface area contributed by atoms with Gasteiger partial charge >= 0.3 is 6.18 Å². The van der Waals surface area contributed by atoms with Crippen LogP contribution in [0.25, 0.3) is 0 Å². The van der Waals surface area contributed by atoms with Crippen LogP contribution in [0.4, 0.5) is 18.9 Å². The predicted octanol–water partition coefficient (Wildman–Crippen LogP) is 3.31. The Morgan fingerprint density at radius 2 is 1.88 bits per heavy atom. The fourth-order valence-electron chi connectivity index (χ4n) is 1.52. The van der Waals surface area contributed by atoms with Crippen molar-refractivity contribution in [1.82, 2.24) is 0 Å². The van der Waals surface area contributed by atoms with Gasteiger partial charge in [-0.3, -0.25) is 0 Å². The first-order valence-electron chi connectivity index (χ1n) is 5.43. The minimum absolute atomic E-state index is 0.0807. The number of hydrogen-bond donors (Lipinski definition) is 0. The van der Waals surface area contributed by atoms with E-state index >= 15 is 0 Å². The molecule has 2 rings (SSSR count). The van der Waals surface area contributed by atoms with Crippen molar-refractivity contribution in [2.24, 2.45) is 0 Å². The third-order valence-electron chi connectivity index (χ3n) is 2.59. The summed E-state index contributed by atoms with van der Waals surface area (Å²) in [7, 11) is 3.56. The molecule has 0 aliphatic heterocycles. The number of rotatable bonds is 3. The second-order valence-electron chi connectivity index (χ2n) is 4.39. The molecule has 2 nitrogen and oxygen atoms in total. The van der Waals surface area contributed by atoms with Crippen LogP contribution in [0.3, 0.4) is 0 Å². The van der Waals surface area contributed by atoms with E-state index in [1.807, 2.05) is 0 Å². The van der Waals surface area contributed by atoms with E-state index in [9.17, 15) is 13.2 Å². The number of alkyl halides is 3. The van der Waals surface area contributed by atoms with Crippen LogP contribution in [0, 0.1) is 0 Å². The van der Waals surface area contributed by atoms with Gasteiger partial charge in [0.1, 0.15) is 5.75 Å². The number of nitrogens with zero attached hydrogens (tertiary/aromatic N) is 1. The molecule has 0 saturated heterocycles. The number of benzene rings is 1. The van der Waals surface area contributed by atoms with E-state index < -0.39 is 11.7 Å². The lowest BCUT2D eigenvalue weighted by Crippen LogP contribution is -2.13. The second kappa shape index (κ2) is 4.13. The summed E-state index contributed by atoms with van der Waals surface area (Å²) in [6, 6.07) is 3.60. The summed E-state index contributed by atoms with van der Waals surface area (Å²) in [5.74, 6) is 0.312. The van der Waals surface area contributed by atoms with Gasteiger partial charge in [0, 0.05) is 14.1 Å². The lowest BCUT2D eigenvalue weighted by atomic mass is 10.1. The van der Waals surface area contributed by atoms with Crippen molar-refractivity contribution in [2.45, 2.75) is 25.1 Å². The molecule has 0 spiro atoms. The van der Waals surface area contributed by atoms with Crippen LogP contribution < -0.4 is 9.64 Å². The molecule has 0 amide bonds. The molecule has 0 bridgehead atoms. The van der Waals surface area contributed by atoms with Crippen LogP contribution in [0.2, 0.25) is 0 Å². The van der Waals surface area contributed by atoms with E-state index in [-0.39, 0.29) is 6.10 Å². The first kappa shape index (κ1) is 12.1. The van der Waals surface area contributed by atoms with Gasteiger partial charge in [-0.05, 0) is 31.0 Å². The molecule has 0 N–H and O–H groups in total. The van der Waals surface area contributed by atoms with Gasteiger partial charge in [-0.25, -0.2) is 0 Å². The Morgan fingerprint density at radius 3 is 2.35 bits per heavy atom. The number of halogens is 3. The Balaban J connectivity index is 2.34. The third kappa shape index (κ3) is 2.84. The molecule has 1 aliphatic carbocycles. The van der Waals surface area contributed by atoms with Gasteiger partial charge in [0.15, 0.2) is 0 Å². The summed E-state index contributed by atoms with van der Waals surface area (Å²) in [5.41, 5.74) is 0.00338. The third-order valence-corrected chi connectivity index (χ3v) is 2.59. The first-order valence-corrected chi connectivity index (χ1v) is 5.43. The van der Waals surface area contributed by atoms with Crippen LogP contribution in [0.5, 0.6) is 5.75 Å². The zero-order valence-electron chi connectivity index (χ0n) is 9.71. The maximum absolute atomic E-state index is 12.6. The Bertz CT molecular complexity index is 411. The Morgan fingerprint density at radius 1 is 1.24 bits per heavy atom. The van der Waals surface area contributed by atoms with E-state index in [1.54, 1.807) is 19.0 Å². The normalized spacial score (nSPS) is 15.8. The molecule has 0 unspecified atom stereocenters. The lowest BCUT2D eigenvalue weighted by Gasteiger charge is -2.19. The molecule has 94 valence electrons. The molecule has 1 aromatic carbocycles. The largest absolute Gasteiger partial charge is 0.488 e. The minimum Gasteiger partial charge on any atom is -0.488 e. The van der Waals surface area contributed by atoms with Gasteiger partial charge < -0.3 is 9.64 Å². The highest BCUT2D eigenvalue weighted by molar-refractivity contribution is 5.59. The highest BCUT2D eigenvalue weighted by atomic mass is 19.4. The summed E-state index contributed by atoms with van der Waals surface area (Å²) in [4.78, 5) is 1.75. The van der Waals surface area contributed by atoms with Crippen molar-refractivity contribution in [3.05, 3.63) is 23.8 Å². The van der Waals surface area contributed by atoms with Gasteiger partial charge in [0.2, 0.25) is 0 Å². The van der Waals surface area contributed by atoms with Gasteiger partial charge in [0.05, 0.1) is 17.4 Å². The standard InChI is InChI=1S/C12H14F3NO/c1-16(2)10-6-3-8(12(13,14)15)7-11(10)17-9-4-5-9/h3,6-7,9H,4-5H2,1-2H3. The van der Waals surface area contributed by atoms with Crippen molar-refractivity contribution in [3.63, 3.8) is 0 Å². The maximum Gasteiger partial charge on any atom is 0.416 e. The molecule has 0 radical (unpaired) electrons. The number of ether oxygens (including phenoxy) is 1. The molecule has 1 fully saturated rings. The van der Waals surface area contributed by atoms with Crippen LogP contribution >= 0.6 is 0 Å². The van der Waals surface area contributed by atoms with Gasteiger partial charge in [-0.1, -0.05) is 0 Å². The quantitative estimate of drug-likeness (QED) is 0.810. The Kier molecular flexibility index (Phi) is 2.93. The molecule has 1 aromatic rings. The van der Waals surface area contributed by atoms with Crippen LogP contribution in [-0.4, -0.2) is 20.2 Å². The molecule has 1 aliphatic rings. The molecule has 0 atom stereocenters. The predicted molar refractivity (Wildman–Crippen MR) is 59.4 cm³/mol. The van der Waals surface area contributed by atoms with Gasteiger partial charge in [-0.2, -0.15) is 13.2 Å². The van der Waals surface area contributed by atoms with Gasteiger partial charge in [-0.15, -0.1) is 0 Å². The summed E-state index contributed by atoms with van der Waals surface area (Å²) < 4.78 is 43.3. The summed E-state index contributed by atoms with van der Waals surface area (Å²) in [5, 5.41) is 0. The zero-order chi connectivity index (χ0) is 12.6. The van der Waals surface area contributed by atoms with Crippen molar-refractivity contribution >= 4 is 5.69 Å². The van der Waals surface area contributed by atoms with E-state index in [0.717, 1.165) is 25.0 Å². The highest BCUT2D eigenvalue weighted by Crippen LogP contribution is 2.38. The second-order valence-corrected chi connectivity index (χ2v) is 4.39. The van der Waals surface area contributed by atoms with E-state index in [0.29, 0.717) is 11.4 Å². The van der Waals surface area contributed by atoms with Crippen LogP contribution in [0.1, 0.15) is 18.4 Å². The van der Waals surface area contributed by atoms with Crippen molar-refractivity contribution in [2.75, 3.05) is 19.0 Å². The number of hydrogen-bond acceptors (Lipinski definition) is 2. The number of anilines is 1. The minimum atomic E-state index is -4.33. The topological polar surface area (TPSA) is 12.5 Å². The first-order chi connectivity index (χ1) is 7.88. The fourth-order valence-corrected chi connectivity index (χ4v) is 1.52. The van der Waals surface area contributed by atoms with Gasteiger partial charge in [0.25, 0.3) is 0 Å².